The standard InChI is InChI=1S/C12H13ClN2O5S/c1-20-12(17)10-3-2-9(5-14-10)15-6-8(4-11(15)16)7-21(13,18)19/h2-3,5,8H,4,6-7H2,1H3. The fraction of sp³-hybridized carbons (Fsp3) is 0.417. The zero-order chi connectivity index (χ0) is 15.6. The van der Waals surface area contributed by atoms with Crippen LogP contribution in [-0.4, -0.2) is 44.7 Å². The van der Waals surface area contributed by atoms with Crippen LogP contribution in [0.1, 0.15) is 16.9 Å². The van der Waals surface area contributed by atoms with E-state index >= 15 is 0 Å². The highest BCUT2D eigenvalue weighted by molar-refractivity contribution is 8.13. The average molecular weight is 333 g/mol. The largest absolute Gasteiger partial charge is 0.464 e. The van der Waals surface area contributed by atoms with Crippen LogP contribution >= 0.6 is 10.7 Å². The summed E-state index contributed by atoms with van der Waals surface area (Å²) in [4.78, 5) is 28.5. The first-order chi connectivity index (χ1) is 9.80. The van der Waals surface area contributed by atoms with E-state index in [0.717, 1.165) is 0 Å². The topological polar surface area (TPSA) is 93.6 Å². The fourth-order valence-electron chi connectivity index (χ4n) is 2.20. The molecule has 0 aromatic carbocycles. The SMILES string of the molecule is COC(=O)c1ccc(N2CC(CS(=O)(=O)Cl)CC2=O)cn1. The quantitative estimate of drug-likeness (QED) is 0.597. The minimum atomic E-state index is -3.64. The van der Waals surface area contributed by atoms with E-state index in [-0.39, 0.29) is 36.2 Å². The molecule has 1 fully saturated rings. The number of carbonyl (C=O) groups excluding carboxylic acids is 2. The Balaban J connectivity index is 2.12. The van der Waals surface area contributed by atoms with Crippen molar-refractivity contribution in [2.45, 2.75) is 6.42 Å². The van der Waals surface area contributed by atoms with E-state index in [4.69, 9.17) is 10.7 Å². The predicted molar refractivity (Wildman–Crippen MR) is 75.7 cm³/mol. The van der Waals surface area contributed by atoms with Crippen LogP contribution in [0.4, 0.5) is 5.69 Å². The molecular formula is C12H13ClN2O5S. The first kappa shape index (κ1) is 15.7. The third kappa shape index (κ3) is 3.92. The molecule has 1 aromatic heterocycles. The van der Waals surface area contributed by atoms with Gasteiger partial charge in [-0.3, -0.25) is 4.79 Å². The Labute approximate surface area is 126 Å². The minimum Gasteiger partial charge on any atom is -0.464 e. The van der Waals surface area contributed by atoms with Crippen LogP contribution in [0.5, 0.6) is 0 Å². The Morgan fingerprint density at radius 2 is 2.24 bits per heavy atom. The van der Waals surface area contributed by atoms with Crippen LogP contribution < -0.4 is 4.90 Å². The van der Waals surface area contributed by atoms with E-state index < -0.39 is 15.0 Å². The molecule has 21 heavy (non-hydrogen) atoms. The molecule has 1 saturated heterocycles. The second-order valence-corrected chi connectivity index (χ2v) is 7.49. The van der Waals surface area contributed by atoms with Crippen molar-refractivity contribution in [3.63, 3.8) is 0 Å². The van der Waals surface area contributed by atoms with Crippen LogP contribution in [0.3, 0.4) is 0 Å². The molecule has 1 atom stereocenters. The molecule has 7 nitrogen and oxygen atoms in total. The van der Waals surface area contributed by atoms with E-state index in [1.165, 1.54) is 24.3 Å². The number of methoxy groups -OCH3 is 1. The number of pyridine rings is 1. The highest BCUT2D eigenvalue weighted by atomic mass is 35.7. The zero-order valence-electron chi connectivity index (χ0n) is 11.2. The van der Waals surface area contributed by atoms with E-state index in [2.05, 4.69) is 9.72 Å². The van der Waals surface area contributed by atoms with Crippen LogP contribution in [0.15, 0.2) is 18.3 Å². The number of esters is 1. The number of carbonyl (C=O) groups is 2. The Hall–Kier alpha value is -1.67. The molecule has 114 valence electrons. The van der Waals surface area contributed by atoms with Gasteiger partial charge in [0.2, 0.25) is 15.0 Å². The van der Waals surface area contributed by atoms with E-state index in [0.29, 0.717) is 5.69 Å². The molecule has 0 bridgehead atoms. The highest BCUT2D eigenvalue weighted by Crippen LogP contribution is 2.26. The highest BCUT2D eigenvalue weighted by Gasteiger charge is 2.33. The molecule has 1 aliphatic heterocycles. The molecule has 9 heteroatoms. The van der Waals surface area contributed by atoms with Gasteiger partial charge in [-0.25, -0.2) is 18.2 Å². The molecule has 1 unspecified atom stereocenters. The van der Waals surface area contributed by atoms with E-state index in [1.54, 1.807) is 6.07 Å². The van der Waals surface area contributed by atoms with Gasteiger partial charge in [0, 0.05) is 29.6 Å². The number of rotatable bonds is 4. The van der Waals surface area contributed by atoms with Crippen LogP contribution in [0.25, 0.3) is 0 Å². The van der Waals surface area contributed by atoms with Crippen molar-refractivity contribution in [1.82, 2.24) is 4.98 Å². The zero-order valence-corrected chi connectivity index (χ0v) is 12.7. The molecule has 1 aromatic rings. The van der Waals surface area contributed by atoms with Crippen molar-refractivity contribution in [3.05, 3.63) is 24.0 Å². The van der Waals surface area contributed by atoms with E-state index in [1.807, 2.05) is 0 Å². The molecule has 0 radical (unpaired) electrons. The first-order valence-corrected chi connectivity index (χ1v) is 8.55. The normalized spacial score (nSPS) is 18.9. The Morgan fingerprint density at radius 1 is 1.52 bits per heavy atom. The number of halogens is 1. The molecule has 1 amide bonds. The van der Waals surface area contributed by atoms with Crippen LogP contribution in [-0.2, 0) is 18.6 Å². The molecule has 0 spiro atoms. The first-order valence-electron chi connectivity index (χ1n) is 6.07. The molecule has 0 saturated carbocycles. The maximum atomic E-state index is 11.9. The van der Waals surface area contributed by atoms with Gasteiger partial charge in [-0.15, -0.1) is 0 Å². The Kier molecular flexibility index (Phi) is 4.48. The monoisotopic (exact) mass is 332 g/mol. The van der Waals surface area contributed by atoms with Gasteiger partial charge in [0.15, 0.2) is 0 Å². The second-order valence-electron chi connectivity index (χ2n) is 4.67. The summed E-state index contributed by atoms with van der Waals surface area (Å²) in [5, 5.41) is 0. The number of anilines is 1. The number of hydrogen-bond donors (Lipinski definition) is 0. The number of hydrogen-bond acceptors (Lipinski definition) is 6. The van der Waals surface area contributed by atoms with Gasteiger partial charge in [-0.05, 0) is 12.1 Å². The summed E-state index contributed by atoms with van der Waals surface area (Å²) in [5.74, 6) is -1.36. The van der Waals surface area contributed by atoms with Gasteiger partial charge in [0.05, 0.1) is 24.7 Å². The van der Waals surface area contributed by atoms with Crippen molar-refractivity contribution in [2.75, 3.05) is 24.3 Å². The van der Waals surface area contributed by atoms with Crippen LogP contribution in [0, 0.1) is 5.92 Å². The molecular weight excluding hydrogens is 320 g/mol. The lowest BCUT2D eigenvalue weighted by molar-refractivity contribution is -0.117. The third-order valence-electron chi connectivity index (χ3n) is 3.09. The van der Waals surface area contributed by atoms with Crippen LogP contribution in [0.2, 0.25) is 0 Å². The molecule has 0 N–H and O–H groups in total. The summed E-state index contributed by atoms with van der Waals surface area (Å²) < 4.78 is 26.7. The summed E-state index contributed by atoms with van der Waals surface area (Å²) >= 11 is 0. The van der Waals surface area contributed by atoms with Crippen molar-refractivity contribution < 1.29 is 22.7 Å². The smallest absolute Gasteiger partial charge is 0.356 e. The lowest BCUT2D eigenvalue weighted by Crippen LogP contribution is -2.25. The van der Waals surface area contributed by atoms with Crippen molar-refractivity contribution in [3.8, 4) is 0 Å². The number of amides is 1. The maximum absolute atomic E-state index is 11.9. The molecule has 0 aliphatic carbocycles. The molecule has 2 rings (SSSR count). The lowest BCUT2D eigenvalue weighted by Gasteiger charge is -2.16. The third-order valence-corrected chi connectivity index (χ3v) is 4.34. The maximum Gasteiger partial charge on any atom is 0.356 e. The van der Waals surface area contributed by atoms with Gasteiger partial charge in [-0.2, -0.15) is 0 Å². The number of ether oxygens (including phenoxy) is 1. The summed E-state index contributed by atoms with van der Waals surface area (Å²) in [6.07, 6.45) is 1.49. The van der Waals surface area contributed by atoms with Crippen molar-refractivity contribution in [2.24, 2.45) is 5.92 Å². The Bertz CT molecular complexity index is 659. The Morgan fingerprint density at radius 3 is 2.76 bits per heavy atom. The van der Waals surface area contributed by atoms with Gasteiger partial charge in [0.25, 0.3) is 0 Å². The molecule has 2 heterocycles. The van der Waals surface area contributed by atoms with Gasteiger partial charge >= 0.3 is 5.97 Å². The van der Waals surface area contributed by atoms with Gasteiger partial charge < -0.3 is 9.64 Å². The van der Waals surface area contributed by atoms with Crippen molar-refractivity contribution in [1.29, 1.82) is 0 Å². The van der Waals surface area contributed by atoms with E-state index in [9.17, 15) is 18.0 Å². The fourth-order valence-corrected chi connectivity index (χ4v) is 3.52. The number of aromatic nitrogens is 1. The summed E-state index contributed by atoms with van der Waals surface area (Å²) in [5.41, 5.74) is 0.634. The predicted octanol–water partition coefficient (Wildman–Crippen LogP) is 0.790. The average Bonchev–Trinajstić information content (AvgIpc) is 2.76. The van der Waals surface area contributed by atoms with Gasteiger partial charge in [0.1, 0.15) is 5.69 Å². The second kappa shape index (κ2) is 5.98. The summed E-state index contributed by atoms with van der Waals surface area (Å²) in [6, 6.07) is 3.01. The van der Waals surface area contributed by atoms with Crippen molar-refractivity contribution >= 4 is 37.3 Å². The summed E-state index contributed by atoms with van der Waals surface area (Å²) in [6.45, 7) is 0.254. The summed E-state index contributed by atoms with van der Waals surface area (Å²) in [7, 11) is 2.81. The molecule has 1 aliphatic rings. The van der Waals surface area contributed by atoms with Gasteiger partial charge in [-0.1, -0.05) is 0 Å². The number of nitrogens with zero attached hydrogens (tertiary/aromatic N) is 2. The lowest BCUT2D eigenvalue weighted by atomic mass is 10.1. The minimum absolute atomic E-state index is 0.116.